The Bertz CT molecular complexity index is 1450. The molecule has 0 unspecified atom stereocenters. The largest absolute Gasteiger partial charge is 0.497 e. The monoisotopic (exact) mass is 539 g/mol. The smallest absolute Gasteiger partial charge is 0.431 e. The highest BCUT2D eigenvalue weighted by Gasteiger charge is 2.50. The number of anilines is 1. The molecule has 39 heavy (non-hydrogen) atoms. The second-order valence-electron chi connectivity index (χ2n) is 9.29. The number of carboxylic acid groups (broad SMARTS) is 1. The van der Waals surface area contributed by atoms with Gasteiger partial charge in [0.15, 0.2) is 0 Å². The molecule has 1 aliphatic heterocycles. The molecule has 0 aromatic heterocycles. The van der Waals surface area contributed by atoms with Gasteiger partial charge < -0.3 is 9.84 Å². The number of halogens is 4. The first kappa shape index (κ1) is 27.6. The van der Waals surface area contributed by atoms with Crippen molar-refractivity contribution in [2.45, 2.75) is 38.4 Å². The number of hydrogen-bond donors (Lipinski definition) is 1. The van der Waals surface area contributed by atoms with Crippen LogP contribution in [0.25, 0.3) is 11.1 Å². The van der Waals surface area contributed by atoms with Crippen LogP contribution in [0.4, 0.5) is 23.2 Å². The van der Waals surface area contributed by atoms with Gasteiger partial charge in [-0.1, -0.05) is 30.3 Å². The highest BCUT2D eigenvalue weighted by Crippen LogP contribution is 2.38. The van der Waals surface area contributed by atoms with Crippen molar-refractivity contribution < 1.29 is 32.2 Å². The van der Waals surface area contributed by atoms with E-state index < -0.39 is 42.7 Å². The summed E-state index contributed by atoms with van der Waals surface area (Å²) in [7, 11) is 1.51. The average Bonchev–Trinajstić information content (AvgIpc) is 3.24. The van der Waals surface area contributed by atoms with Gasteiger partial charge >= 0.3 is 12.1 Å². The maximum atomic E-state index is 14.4. The second kappa shape index (κ2) is 11.2. The van der Waals surface area contributed by atoms with E-state index in [0.29, 0.717) is 29.0 Å². The lowest BCUT2D eigenvalue weighted by atomic mass is 9.90. The minimum atomic E-state index is -4.79. The zero-order valence-corrected chi connectivity index (χ0v) is 21.2. The highest BCUT2D eigenvalue weighted by atomic mass is 19.4. The predicted octanol–water partition coefficient (Wildman–Crippen LogP) is 6.51. The zero-order chi connectivity index (χ0) is 28.3. The molecule has 3 aromatic rings. The molecule has 0 saturated heterocycles. The lowest BCUT2D eigenvalue weighted by Gasteiger charge is -2.26. The lowest BCUT2D eigenvalue weighted by molar-refractivity contribution is -0.137. The molecule has 0 fully saturated rings. The molecule has 1 N–H and O–H groups in total. The van der Waals surface area contributed by atoms with Crippen LogP contribution in [0.5, 0.6) is 5.75 Å². The van der Waals surface area contributed by atoms with Crippen molar-refractivity contribution in [1.82, 2.24) is 0 Å². The summed E-state index contributed by atoms with van der Waals surface area (Å²) in [5.74, 6) is -2.48. The van der Waals surface area contributed by atoms with Crippen LogP contribution in [0.1, 0.15) is 29.5 Å². The van der Waals surface area contributed by atoms with Crippen molar-refractivity contribution in [2.24, 2.45) is 11.0 Å². The van der Waals surface area contributed by atoms with Crippen molar-refractivity contribution >= 4 is 17.4 Å². The molecule has 0 aliphatic carbocycles. The van der Waals surface area contributed by atoms with Gasteiger partial charge in [0, 0.05) is 17.9 Å². The second-order valence-corrected chi connectivity index (χ2v) is 9.29. The summed E-state index contributed by atoms with van der Waals surface area (Å²) in [6, 6.07) is 17.4. The zero-order valence-electron chi connectivity index (χ0n) is 21.2. The van der Waals surface area contributed by atoms with E-state index in [9.17, 15) is 27.5 Å². The van der Waals surface area contributed by atoms with Gasteiger partial charge in [-0.25, -0.2) is 4.39 Å². The van der Waals surface area contributed by atoms with E-state index in [0.717, 1.165) is 21.7 Å². The maximum absolute atomic E-state index is 14.4. The number of nitrogens with zero attached hydrogens (tertiary/aromatic N) is 3. The fourth-order valence-corrected chi connectivity index (χ4v) is 4.77. The van der Waals surface area contributed by atoms with E-state index >= 15 is 0 Å². The number of hydrazone groups is 1. The standard InChI is InChI=1S/C29H25F4N3O3/c1-17-13-20(24-15-22(39-2)9-10-25(24)30)6-5-19(17)14-18-3-7-21(8-4-18)36-26(16-27(37)38)23(11-12-34)28(35-36)29(31,32)33/h3-10,13,15,23,26H,11,14,16H2,1-2H3,(H,37,38)/t23-,26-/m0/s1. The van der Waals surface area contributed by atoms with Crippen LogP contribution in [0.15, 0.2) is 65.8 Å². The molecule has 1 heterocycles. The normalized spacial score (nSPS) is 17.1. The number of alkyl halides is 3. The lowest BCUT2D eigenvalue weighted by Crippen LogP contribution is -2.38. The first-order chi connectivity index (χ1) is 18.5. The molecule has 4 rings (SSSR count). The number of ether oxygens (including phenoxy) is 1. The number of benzene rings is 3. The number of rotatable bonds is 8. The number of carboxylic acids is 1. The van der Waals surface area contributed by atoms with E-state index in [1.54, 1.807) is 42.5 Å². The summed E-state index contributed by atoms with van der Waals surface area (Å²) in [6.45, 7) is 1.91. The molecule has 3 aromatic carbocycles. The Balaban J connectivity index is 1.58. The third kappa shape index (κ3) is 6.03. The molecule has 202 valence electrons. The van der Waals surface area contributed by atoms with Crippen LogP contribution in [0, 0.1) is 30.0 Å². The summed E-state index contributed by atoms with van der Waals surface area (Å²) in [4.78, 5) is 11.4. The highest BCUT2D eigenvalue weighted by molar-refractivity contribution is 5.96. The fraction of sp³-hybridized carbons (Fsp3) is 0.276. The number of nitriles is 1. The van der Waals surface area contributed by atoms with Crippen LogP contribution in [-0.4, -0.2) is 36.1 Å². The molecule has 10 heteroatoms. The number of carbonyl (C=O) groups is 1. The maximum Gasteiger partial charge on any atom is 0.431 e. The minimum absolute atomic E-state index is 0.299. The summed E-state index contributed by atoms with van der Waals surface area (Å²) < 4.78 is 60.5. The molecule has 1 aliphatic rings. The number of methoxy groups -OCH3 is 1. The first-order valence-electron chi connectivity index (χ1n) is 12.1. The van der Waals surface area contributed by atoms with Gasteiger partial charge in [-0.05, 0) is 65.9 Å². The van der Waals surface area contributed by atoms with Gasteiger partial charge in [0.1, 0.15) is 17.3 Å². The van der Waals surface area contributed by atoms with Gasteiger partial charge in [-0.3, -0.25) is 9.80 Å². The Morgan fingerprint density at radius 2 is 1.85 bits per heavy atom. The Hall–Kier alpha value is -4.39. The summed E-state index contributed by atoms with van der Waals surface area (Å²) >= 11 is 0. The molecular formula is C29H25F4N3O3. The SMILES string of the molecule is COc1ccc(F)c(-c2ccc(Cc3ccc(N4N=C(C(F)(F)F)[C@@H](CC#N)[C@@H]4CC(=O)O)cc3)c(C)c2)c1. The van der Waals surface area contributed by atoms with E-state index in [1.807, 2.05) is 25.1 Å². The fourth-order valence-electron chi connectivity index (χ4n) is 4.77. The summed E-state index contributed by atoms with van der Waals surface area (Å²) in [5.41, 5.74) is 3.04. The Morgan fingerprint density at radius 3 is 2.44 bits per heavy atom. The number of aryl methyl sites for hydroxylation is 1. The van der Waals surface area contributed by atoms with Crippen LogP contribution < -0.4 is 9.75 Å². The van der Waals surface area contributed by atoms with Crippen LogP contribution in [-0.2, 0) is 11.2 Å². The molecule has 0 amide bonds. The number of aliphatic carboxylic acids is 1. The van der Waals surface area contributed by atoms with Crippen LogP contribution >= 0.6 is 0 Å². The molecule has 6 nitrogen and oxygen atoms in total. The summed E-state index contributed by atoms with van der Waals surface area (Å²) in [6.07, 6.45) is -5.37. The topological polar surface area (TPSA) is 85.9 Å². The Labute approximate surface area is 222 Å². The number of hydrogen-bond acceptors (Lipinski definition) is 5. The molecule has 0 radical (unpaired) electrons. The van der Waals surface area contributed by atoms with Gasteiger partial charge in [0.05, 0.1) is 31.3 Å². The molecular weight excluding hydrogens is 514 g/mol. The van der Waals surface area contributed by atoms with Crippen molar-refractivity contribution in [3.8, 4) is 22.9 Å². The first-order valence-corrected chi connectivity index (χ1v) is 12.1. The van der Waals surface area contributed by atoms with Gasteiger partial charge in [0.25, 0.3) is 0 Å². The third-order valence-electron chi connectivity index (χ3n) is 6.75. The van der Waals surface area contributed by atoms with Crippen molar-refractivity contribution in [1.29, 1.82) is 5.26 Å². The molecule has 0 saturated carbocycles. The summed E-state index contributed by atoms with van der Waals surface area (Å²) in [5, 5.41) is 23.2. The van der Waals surface area contributed by atoms with E-state index in [2.05, 4.69) is 5.10 Å². The molecule has 0 bridgehead atoms. The van der Waals surface area contributed by atoms with Gasteiger partial charge in [-0.2, -0.15) is 23.5 Å². The van der Waals surface area contributed by atoms with Gasteiger partial charge in [-0.15, -0.1) is 0 Å². The molecule has 0 spiro atoms. The van der Waals surface area contributed by atoms with E-state index in [-0.39, 0.29) is 5.82 Å². The quantitative estimate of drug-likeness (QED) is 0.330. The molecule has 2 atom stereocenters. The average molecular weight is 540 g/mol. The van der Waals surface area contributed by atoms with Crippen LogP contribution in [0.2, 0.25) is 0 Å². The van der Waals surface area contributed by atoms with Crippen molar-refractivity contribution in [3.05, 3.63) is 83.2 Å². The Kier molecular flexibility index (Phi) is 7.90. The minimum Gasteiger partial charge on any atom is -0.497 e. The van der Waals surface area contributed by atoms with Crippen molar-refractivity contribution in [2.75, 3.05) is 12.1 Å². The van der Waals surface area contributed by atoms with E-state index in [1.165, 1.54) is 13.2 Å². The van der Waals surface area contributed by atoms with E-state index in [4.69, 9.17) is 10.00 Å². The Morgan fingerprint density at radius 1 is 1.13 bits per heavy atom. The third-order valence-corrected chi connectivity index (χ3v) is 6.75. The predicted molar refractivity (Wildman–Crippen MR) is 138 cm³/mol. The van der Waals surface area contributed by atoms with Crippen molar-refractivity contribution in [3.63, 3.8) is 0 Å². The van der Waals surface area contributed by atoms with Crippen LogP contribution in [0.3, 0.4) is 0 Å². The van der Waals surface area contributed by atoms with Gasteiger partial charge in [0.2, 0.25) is 0 Å².